The second-order valence-electron chi connectivity index (χ2n) is 5.48. The summed E-state index contributed by atoms with van der Waals surface area (Å²) in [5.74, 6) is 0.937. The minimum absolute atomic E-state index is 0.00959. The molecule has 1 aliphatic carbocycles. The minimum atomic E-state index is -0.0681. The third-order valence-corrected chi connectivity index (χ3v) is 5.30. The van der Waals surface area contributed by atoms with Crippen molar-refractivity contribution in [3.05, 3.63) is 29.8 Å². The molecule has 0 radical (unpaired) electrons. The molecule has 1 aromatic carbocycles. The fourth-order valence-electron chi connectivity index (χ4n) is 2.86. The summed E-state index contributed by atoms with van der Waals surface area (Å²) >= 11 is 3.53. The first-order chi connectivity index (χ1) is 9.24. The number of hydrogen-bond donors (Lipinski definition) is 1. The molecule has 0 spiro atoms. The molecule has 2 aliphatic rings. The number of para-hydroxylation sites is 1. The number of benzene rings is 1. The Morgan fingerprint density at radius 2 is 2.21 bits per heavy atom. The summed E-state index contributed by atoms with van der Waals surface area (Å²) in [6, 6.07) is 7.86. The molecule has 102 valence electrons. The Kier molecular flexibility index (Phi) is 3.52. The summed E-state index contributed by atoms with van der Waals surface area (Å²) in [4.78, 5) is 12.5. The van der Waals surface area contributed by atoms with Gasteiger partial charge in [-0.3, -0.25) is 4.79 Å². The molecule has 3 rings (SSSR count). The minimum Gasteiger partial charge on any atom is -0.493 e. The van der Waals surface area contributed by atoms with Gasteiger partial charge in [0.1, 0.15) is 5.75 Å². The highest BCUT2D eigenvalue weighted by molar-refractivity contribution is 9.09. The van der Waals surface area contributed by atoms with Gasteiger partial charge in [-0.25, -0.2) is 0 Å². The van der Waals surface area contributed by atoms with Gasteiger partial charge in [0.2, 0.25) is 5.91 Å². The smallest absolute Gasteiger partial charge is 0.228 e. The molecular formula is C15H18BrNO2. The number of hydrogen-bond acceptors (Lipinski definition) is 2. The van der Waals surface area contributed by atoms with E-state index in [1.165, 1.54) is 6.42 Å². The normalized spacial score (nSPS) is 23.7. The topological polar surface area (TPSA) is 38.3 Å². The number of rotatable bonds is 3. The van der Waals surface area contributed by atoms with Crippen LogP contribution in [-0.4, -0.2) is 23.4 Å². The number of halogens is 1. The lowest BCUT2D eigenvalue weighted by Gasteiger charge is -2.42. The van der Waals surface area contributed by atoms with Crippen LogP contribution in [0.3, 0.4) is 0 Å². The molecule has 1 aliphatic heterocycles. The summed E-state index contributed by atoms with van der Waals surface area (Å²) in [5, 5.41) is 4.09. The van der Waals surface area contributed by atoms with Gasteiger partial charge in [0, 0.05) is 16.4 Å². The maximum atomic E-state index is 12.5. The van der Waals surface area contributed by atoms with Crippen LogP contribution in [-0.2, 0) is 4.79 Å². The van der Waals surface area contributed by atoms with Gasteiger partial charge in [0.25, 0.3) is 0 Å². The van der Waals surface area contributed by atoms with Crippen molar-refractivity contribution in [2.24, 2.45) is 0 Å². The standard InChI is InChI=1S/C15H18BrNO2/c16-10-15(7-3-8-15)17-14(18)12-6-9-19-13-5-2-1-4-11(12)13/h1-2,4-5,12H,3,6-10H2,(H,17,18). The summed E-state index contributed by atoms with van der Waals surface area (Å²) in [7, 11) is 0. The molecule has 1 aromatic rings. The molecule has 1 fully saturated rings. The van der Waals surface area contributed by atoms with Crippen molar-refractivity contribution in [3.8, 4) is 5.75 Å². The van der Waals surface area contributed by atoms with Crippen LogP contribution in [0.15, 0.2) is 24.3 Å². The summed E-state index contributed by atoms with van der Waals surface area (Å²) in [6.07, 6.45) is 4.13. The molecule has 0 saturated heterocycles. The van der Waals surface area contributed by atoms with E-state index in [-0.39, 0.29) is 17.4 Å². The Morgan fingerprint density at radius 3 is 2.89 bits per heavy atom. The lowest BCUT2D eigenvalue weighted by molar-refractivity contribution is -0.125. The van der Waals surface area contributed by atoms with E-state index in [0.29, 0.717) is 6.61 Å². The highest BCUT2D eigenvalue weighted by Crippen LogP contribution is 2.37. The Hall–Kier alpha value is -1.03. The average Bonchev–Trinajstić information content (AvgIpc) is 2.42. The van der Waals surface area contributed by atoms with Gasteiger partial charge in [-0.2, -0.15) is 0 Å². The zero-order chi connectivity index (χ0) is 13.3. The van der Waals surface area contributed by atoms with E-state index < -0.39 is 0 Å². The fourth-order valence-corrected chi connectivity index (χ4v) is 3.56. The van der Waals surface area contributed by atoms with Gasteiger partial charge in [-0.05, 0) is 31.7 Å². The highest BCUT2D eigenvalue weighted by atomic mass is 79.9. The summed E-state index contributed by atoms with van der Waals surface area (Å²) in [6.45, 7) is 0.621. The molecule has 1 atom stereocenters. The van der Waals surface area contributed by atoms with Gasteiger partial charge in [0.05, 0.1) is 12.5 Å². The van der Waals surface area contributed by atoms with Crippen LogP contribution < -0.4 is 10.1 Å². The average molecular weight is 324 g/mol. The second-order valence-corrected chi connectivity index (χ2v) is 6.05. The van der Waals surface area contributed by atoms with Crippen molar-refractivity contribution in [1.82, 2.24) is 5.32 Å². The zero-order valence-corrected chi connectivity index (χ0v) is 12.4. The molecule has 4 heteroatoms. The summed E-state index contributed by atoms with van der Waals surface area (Å²) < 4.78 is 5.61. The van der Waals surface area contributed by atoms with E-state index in [4.69, 9.17) is 4.74 Å². The maximum absolute atomic E-state index is 12.5. The van der Waals surface area contributed by atoms with E-state index >= 15 is 0 Å². The predicted octanol–water partition coefficient (Wildman–Crippen LogP) is 2.99. The van der Waals surface area contributed by atoms with Crippen molar-refractivity contribution >= 4 is 21.8 Å². The number of carbonyl (C=O) groups excluding carboxylic acids is 1. The number of nitrogens with one attached hydrogen (secondary N) is 1. The Morgan fingerprint density at radius 1 is 1.42 bits per heavy atom. The Bertz CT molecular complexity index is 479. The first kappa shape index (κ1) is 13.0. The molecule has 19 heavy (non-hydrogen) atoms. The quantitative estimate of drug-likeness (QED) is 0.868. The molecule has 3 nitrogen and oxygen atoms in total. The van der Waals surface area contributed by atoms with Crippen LogP contribution >= 0.6 is 15.9 Å². The fraction of sp³-hybridized carbons (Fsp3) is 0.533. The highest BCUT2D eigenvalue weighted by Gasteiger charge is 2.39. The molecule has 1 unspecified atom stereocenters. The van der Waals surface area contributed by atoms with Gasteiger partial charge in [-0.1, -0.05) is 34.1 Å². The summed E-state index contributed by atoms with van der Waals surface area (Å²) in [5.41, 5.74) is 1.01. The monoisotopic (exact) mass is 323 g/mol. The molecule has 1 amide bonds. The third kappa shape index (κ3) is 2.38. The van der Waals surface area contributed by atoms with Crippen molar-refractivity contribution in [2.45, 2.75) is 37.1 Å². The second kappa shape index (κ2) is 5.16. The van der Waals surface area contributed by atoms with Crippen molar-refractivity contribution < 1.29 is 9.53 Å². The van der Waals surface area contributed by atoms with Crippen molar-refractivity contribution in [2.75, 3.05) is 11.9 Å². The molecule has 1 N–H and O–H groups in total. The number of amides is 1. The van der Waals surface area contributed by atoms with Crippen molar-refractivity contribution in [1.29, 1.82) is 0 Å². The van der Waals surface area contributed by atoms with E-state index in [0.717, 1.165) is 35.9 Å². The number of ether oxygens (including phenoxy) is 1. The SMILES string of the molecule is O=C(NC1(CBr)CCC1)C1CCOc2ccccc21. The Balaban J connectivity index is 1.78. The van der Waals surface area contributed by atoms with Crippen LogP contribution in [0.4, 0.5) is 0 Å². The number of alkyl halides is 1. The first-order valence-corrected chi connectivity index (χ1v) is 7.96. The van der Waals surface area contributed by atoms with E-state index in [1.807, 2.05) is 24.3 Å². The lowest BCUT2D eigenvalue weighted by Crippen LogP contribution is -2.56. The van der Waals surface area contributed by atoms with E-state index in [1.54, 1.807) is 0 Å². The molecular weight excluding hydrogens is 306 g/mol. The van der Waals surface area contributed by atoms with Gasteiger partial charge >= 0.3 is 0 Å². The van der Waals surface area contributed by atoms with Gasteiger partial charge in [0.15, 0.2) is 0 Å². The third-order valence-electron chi connectivity index (χ3n) is 4.23. The molecule has 1 heterocycles. The Labute approximate surface area is 121 Å². The van der Waals surface area contributed by atoms with Crippen LogP contribution in [0, 0.1) is 0 Å². The van der Waals surface area contributed by atoms with Gasteiger partial charge in [-0.15, -0.1) is 0 Å². The van der Waals surface area contributed by atoms with E-state index in [2.05, 4.69) is 21.2 Å². The molecule has 0 bridgehead atoms. The maximum Gasteiger partial charge on any atom is 0.228 e. The zero-order valence-electron chi connectivity index (χ0n) is 10.8. The first-order valence-electron chi connectivity index (χ1n) is 6.84. The number of carbonyl (C=O) groups is 1. The molecule has 0 aromatic heterocycles. The van der Waals surface area contributed by atoms with Crippen molar-refractivity contribution in [3.63, 3.8) is 0 Å². The van der Waals surface area contributed by atoms with E-state index in [9.17, 15) is 4.79 Å². The lowest BCUT2D eigenvalue weighted by atomic mass is 9.77. The van der Waals surface area contributed by atoms with Crippen LogP contribution in [0.1, 0.15) is 37.2 Å². The van der Waals surface area contributed by atoms with Crippen LogP contribution in [0.25, 0.3) is 0 Å². The van der Waals surface area contributed by atoms with Crippen LogP contribution in [0.5, 0.6) is 5.75 Å². The number of fused-ring (bicyclic) bond motifs is 1. The van der Waals surface area contributed by atoms with Crippen LogP contribution in [0.2, 0.25) is 0 Å². The molecule has 1 saturated carbocycles. The van der Waals surface area contributed by atoms with Gasteiger partial charge < -0.3 is 10.1 Å². The predicted molar refractivity (Wildman–Crippen MR) is 77.8 cm³/mol. The largest absolute Gasteiger partial charge is 0.493 e.